The molecule has 90 valence electrons. The van der Waals surface area contributed by atoms with E-state index in [1.807, 2.05) is 0 Å². The van der Waals surface area contributed by atoms with Crippen LogP contribution in [0.25, 0.3) is 0 Å². The van der Waals surface area contributed by atoms with Crippen LogP contribution in [0.3, 0.4) is 0 Å². The van der Waals surface area contributed by atoms with E-state index < -0.39 is 21.9 Å². The second-order valence-electron chi connectivity index (χ2n) is 3.69. The molecule has 1 aromatic carbocycles. The smallest absolute Gasteiger partial charge is 0.314 e. The second-order valence-corrected chi connectivity index (χ2v) is 5.27. The molecule has 0 saturated carbocycles. The number of hydrogen-bond acceptors (Lipinski definition) is 4. The van der Waals surface area contributed by atoms with Gasteiger partial charge in [0.15, 0.2) is 0 Å². The zero-order chi connectivity index (χ0) is 12.6. The molecule has 0 saturated heterocycles. The average Bonchev–Trinajstić information content (AvgIpc) is 2.60. The summed E-state index contributed by atoms with van der Waals surface area (Å²) >= 11 is 0. The maximum atomic E-state index is 11.7. The van der Waals surface area contributed by atoms with E-state index in [1.54, 1.807) is 25.1 Å². The van der Waals surface area contributed by atoms with Crippen molar-refractivity contribution in [2.24, 2.45) is 10.3 Å². The van der Waals surface area contributed by atoms with Gasteiger partial charge in [0.05, 0.1) is 23.6 Å². The number of methoxy groups -OCH3 is 1. The van der Waals surface area contributed by atoms with E-state index in [0.29, 0.717) is 5.56 Å². The van der Waals surface area contributed by atoms with Crippen LogP contribution in [0, 0.1) is 5.92 Å². The second kappa shape index (κ2) is 3.96. The molecule has 1 unspecified atom stereocenters. The Morgan fingerprint density at radius 2 is 2.00 bits per heavy atom. The zero-order valence-electron chi connectivity index (χ0n) is 9.38. The van der Waals surface area contributed by atoms with E-state index in [2.05, 4.69) is 9.13 Å². The molecule has 1 aromatic rings. The standard InChI is InChI=1S/C11H11NO4S/c1-7(11(13)16-2)10-8-5-3-4-6-9(8)17(14,15)12-10/h3-7H,1-2H3. The van der Waals surface area contributed by atoms with Crippen molar-refractivity contribution in [1.82, 2.24) is 0 Å². The van der Waals surface area contributed by atoms with Crippen molar-refractivity contribution in [3.05, 3.63) is 29.8 Å². The van der Waals surface area contributed by atoms with Gasteiger partial charge in [-0.25, -0.2) is 0 Å². The van der Waals surface area contributed by atoms with Gasteiger partial charge in [-0.2, -0.15) is 12.8 Å². The minimum absolute atomic E-state index is 0.144. The summed E-state index contributed by atoms with van der Waals surface area (Å²) in [6.45, 7) is 1.57. The van der Waals surface area contributed by atoms with E-state index in [0.717, 1.165) is 0 Å². The number of fused-ring (bicyclic) bond motifs is 1. The van der Waals surface area contributed by atoms with Crippen molar-refractivity contribution in [3.8, 4) is 0 Å². The Morgan fingerprint density at radius 1 is 1.35 bits per heavy atom. The SMILES string of the molecule is COC(=O)C(C)C1=NS(=O)(=O)c2ccccc21. The summed E-state index contributed by atoms with van der Waals surface area (Å²) in [7, 11) is -2.40. The Balaban J connectivity index is 2.56. The highest BCUT2D eigenvalue weighted by atomic mass is 32.2. The Labute approximate surface area is 99.2 Å². The molecule has 0 N–H and O–H groups in total. The average molecular weight is 253 g/mol. The third kappa shape index (κ3) is 1.84. The first-order valence-corrected chi connectivity index (χ1v) is 6.43. The minimum atomic E-state index is -3.66. The van der Waals surface area contributed by atoms with Crippen molar-refractivity contribution >= 4 is 21.7 Å². The first-order chi connectivity index (χ1) is 7.97. The van der Waals surface area contributed by atoms with Crippen LogP contribution >= 0.6 is 0 Å². The van der Waals surface area contributed by atoms with Crippen LogP contribution in [-0.4, -0.2) is 27.2 Å². The number of hydrogen-bond donors (Lipinski definition) is 0. The number of carbonyl (C=O) groups excluding carboxylic acids is 1. The van der Waals surface area contributed by atoms with Crippen LogP contribution < -0.4 is 0 Å². The van der Waals surface area contributed by atoms with Gasteiger partial charge in [0.1, 0.15) is 0 Å². The van der Waals surface area contributed by atoms with Gasteiger partial charge in [-0.05, 0) is 13.0 Å². The molecule has 0 fully saturated rings. The fourth-order valence-corrected chi connectivity index (χ4v) is 3.05. The van der Waals surface area contributed by atoms with Gasteiger partial charge in [0, 0.05) is 5.56 Å². The molecule has 1 aliphatic heterocycles. The summed E-state index contributed by atoms with van der Waals surface area (Å²) in [5.41, 5.74) is 0.720. The number of carbonyl (C=O) groups is 1. The fourth-order valence-electron chi connectivity index (χ4n) is 1.73. The van der Waals surface area contributed by atoms with Crippen molar-refractivity contribution in [1.29, 1.82) is 0 Å². The molecule has 2 rings (SSSR count). The minimum Gasteiger partial charge on any atom is -0.469 e. The fraction of sp³-hybridized carbons (Fsp3) is 0.273. The number of ether oxygens (including phenoxy) is 1. The predicted molar refractivity (Wildman–Crippen MR) is 61.3 cm³/mol. The molecule has 0 aromatic heterocycles. The normalized spacial score (nSPS) is 18.1. The van der Waals surface area contributed by atoms with Gasteiger partial charge >= 0.3 is 5.97 Å². The van der Waals surface area contributed by atoms with E-state index in [-0.39, 0.29) is 10.6 Å². The zero-order valence-corrected chi connectivity index (χ0v) is 10.2. The lowest BCUT2D eigenvalue weighted by atomic mass is 9.99. The number of nitrogens with zero attached hydrogens (tertiary/aromatic N) is 1. The monoisotopic (exact) mass is 253 g/mol. The number of sulfonamides is 1. The molecule has 0 bridgehead atoms. The topological polar surface area (TPSA) is 72.8 Å². The highest BCUT2D eigenvalue weighted by molar-refractivity contribution is 7.90. The molecule has 1 heterocycles. The van der Waals surface area contributed by atoms with E-state index in [9.17, 15) is 13.2 Å². The lowest BCUT2D eigenvalue weighted by molar-refractivity contribution is -0.142. The molecule has 0 radical (unpaired) electrons. The van der Waals surface area contributed by atoms with Gasteiger partial charge in [-0.1, -0.05) is 18.2 Å². The molecular formula is C11H11NO4S. The van der Waals surface area contributed by atoms with Crippen LogP contribution in [0.4, 0.5) is 0 Å². The lowest BCUT2D eigenvalue weighted by Crippen LogP contribution is -2.22. The Bertz CT molecular complexity index is 604. The van der Waals surface area contributed by atoms with E-state index in [1.165, 1.54) is 13.2 Å². The van der Waals surface area contributed by atoms with Crippen molar-refractivity contribution in [3.63, 3.8) is 0 Å². The summed E-state index contributed by atoms with van der Waals surface area (Å²) in [5.74, 6) is -1.20. The van der Waals surface area contributed by atoms with Crippen LogP contribution in [0.2, 0.25) is 0 Å². The van der Waals surface area contributed by atoms with E-state index >= 15 is 0 Å². The molecule has 5 nitrogen and oxygen atoms in total. The summed E-state index contributed by atoms with van der Waals surface area (Å²) in [5, 5.41) is 0. The van der Waals surface area contributed by atoms with Crippen LogP contribution in [0.15, 0.2) is 33.6 Å². The molecule has 1 atom stereocenters. The molecule has 0 aliphatic carbocycles. The van der Waals surface area contributed by atoms with Crippen molar-refractivity contribution in [2.45, 2.75) is 11.8 Å². The number of rotatable bonds is 2. The molecule has 0 spiro atoms. The van der Waals surface area contributed by atoms with Crippen molar-refractivity contribution in [2.75, 3.05) is 7.11 Å². The summed E-state index contributed by atoms with van der Waals surface area (Å²) in [6, 6.07) is 6.44. The Kier molecular flexibility index (Phi) is 2.74. The number of esters is 1. The maximum Gasteiger partial charge on any atom is 0.314 e. The first kappa shape index (κ1) is 11.8. The molecule has 6 heteroatoms. The van der Waals surface area contributed by atoms with Gasteiger partial charge in [-0.15, -0.1) is 0 Å². The van der Waals surface area contributed by atoms with Gasteiger partial charge in [0.2, 0.25) is 0 Å². The quantitative estimate of drug-likeness (QED) is 0.737. The molecule has 0 amide bonds. The van der Waals surface area contributed by atoms with E-state index in [4.69, 9.17) is 0 Å². The van der Waals surface area contributed by atoms with Crippen LogP contribution in [0.1, 0.15) is 12.5 Å². The largest absolute Gasteiger partial charge is 0.469 e. The molecule has 17 heavy (non-hydrogen) atoms. The van der Waals surface area contributed by atoms with Crippen LogP contribution in [0.5, 0.6) is 0 Å². The third-order valence-corrected chi connectivity index (χ3v) is 3.97. The number of benzene rings is 1. The summed E-state index contributed by atoms with van der Waals surface area (Å²) in [6.07, 6.45) is 0. The van der Waals surface area contributed by atoms with Gasteiger partial charge in [-0.3, -0.25) is 4.79 Å². The molecule has 1 aliphatic rings. The summed E-state index contributed by atoms with van der Waals surface area (Å²) < 4.78 is 31.7. The van der Waals surface area contributed by atoms with Crippen molar-refractivity contribution < 1.29 is 17.9 Å². The highest BCUT2D eigenvalue weighted by Gasteiger charge is 2.34. The highest BCUT2D eigenvalue weighted by Crippen LogP contribution is 2.29. The maximum absolute atomic E-state index is 11.7. The Morgan fingerprint density at radius 3 is 2.65 bits per heavy atom. The molecular weight excluding hydrogens is 242 g/mol. The summed E-state index contributed by atoms with van der Waals surface area (Å²) in [4.78, 5) is 11.6. The predicted octanol–water partition coefficient (Wildman–Crippen LogP) is 0.987. The van der Waals surface area contributed by atoms with Gasteiger partial charge in [0.25, 0.3) is 10.0 Å². The Hall–Kier alpha value is -1.69. The lowest BCUT2D eigenvalue weighted by Gasteiger charge is -2.08. The van der Waals surface area contributed by atoms with Crippen LogP contribution in [-0.2, 0) is 19.6 Å². The first-order valence-electron chi connectivity index (χ1n) is 4.99. The third-order valence-electron chi connectivity index (χ3n) is 2.62. The van der Waals surface area contributed by atoms with Gasteiger partial charge < -0.3 is 4.74 Å².